The minimum Gasteiger partial charge on any atom is -0.477 e. The highest BCUT2D eigenvalue weighted by Crippen LogP contribution is 2.42. The van der Waals surface area contributed by atoms with Gasteiger partial charge < -0.3 is 14.7 Å². The number of sulfonamides is 1. The minimum absolute atomic E-state index is 0.237. The Kier molecular flexibility index (Phi) is 7.65. The van der Waals surface area contributed by atoms with Gasteiger partial charge in [0.15, 0.2) is 10.6 Å². The van der Waals surface area contributed by atoms with Crippen molar-refractivity contribution in [3.63, 3.8) is 0 Å². The maximum absolute atomic E-state index is 13.6. The van der Waals surface area contributed by atoms with Gasteiger partial charge in [0.2, 0.25) is 0 Å². The Balaban J connectivity index is 1.38. The summed E-state index contributed by atoms with van der Waals surface area (Å²) in [6, 6.07) is 10.2. The van der Waals surface area contributed by atoms with Crippen molar-refractivity contribution in [1.29, 1.82) is 0 Å². The molecule has 2 heterocycles. The van der Waals surface area contributed by atoms with E-state index in [2.05, 4.69) is 9.71 Å². The van der Waals surface area contributed by atoms with Gasteiger partial charge in [-0.05, 0) is 80.7 Å². The smallest absolute Gasteiger partial charge is 0.281 e. The Morgan fingerprint density at radius 2 is 1.84 bits per heavy atom. The van der Waals surface area contributed by atoms with Gasteiger partial charge in [0.05, 0.1) is 6.10 Å². The number of aromatic nitrogens is 1. The molecule has 5 rings (SSSR count). The summed E-state index contributed by atoms with van der Waals surface area (Å²) in [5.41, 5.74) is -0.258. The summed E-state index contributed by atoms with van der Waals surface area (Å²) in [6.07, 6.45) is 8.14. The molecule has 1 aromatic heterocycles. The number of nitrogens with zero attached hydrogens (tertiary/aromatic N) is 2. The SMILES string of the molecule is O=C(NS(=O)(=O)c1cccc(N2CC[C@@H](O)C2)n1)C1(Oc2cc(Cl)ccc2C2CCCCC2)CCCC1. The zero-order valence-corrected chi connectivity index (χ0v) is 22.4. The van der Waals surface area contributed by atoms with Crippen molar-refractivity contribution in [2.75, 3.05) is 18.0 Å². The van der Waals surface area contributed by atoms with E-state index >= 15 is 0 Å². The van der Waals surface area contributed by atoms with Crippen LogP contribution in [0, 0.1) is 0 Å². The second-order valence-corrected chi connectivity index (χ2v) is 12.5. The first-order chi connectivity index (χ1) is 17.8. The van der Waals surface area contributed by atoms with Crippen LogP contribution in [-0.2, 0) is 14.8 Å². The quantitative estimate of drug-likeness (QED) is 0.523. The summed E-state index contributed by atoms with van der Waals surface area (Å²) in [5.74, 6) is 0.682. The highest BCUT2D eigenvalue weighted by atomic mass is 35.5. The predicted octanol–water partition coefficient (Wildman–Crippen LogP) is 4.55. The average Bonchev–Trinajstić information content (AvgIpc) is 3.54. The van der Waals surface area contributed by atoms with E-state index in [1.807, 2.05) is 17.0 Å². The van der Waals surface area contributed by atoms with Gasteiger partial charge in [-0.15, -0.1) is 0 Å². The van der Waals surface area contributed by atoms with Crippen molar-refractivity contribution in [1.82, 2.24) is 9.71 Å². The number of β-amino-alcohol motifs (C(OH)–C–C–N with tert-alkyl or cyclic N) is 1. The summed E-state index contributed by atoms with van der Waals surface area (Å²) in [7, 11) is -4.24. The number of halogens is 1. The van der Waals surface area contributed by atoms with E-state index in [0.29, 0.717) is 54.9 Å². The van der Waals surface area contributed by atoms with E-state index in [-0.39, 0.29) is 5.03 Å². The van der Waals surface area contributed by atoms with E-state index in [4.69, 9.17) is 16.3 Å². The molecule has 8 nitrogen and oxygen atoms in total. The maximum Gasteiger partial charge on any atom is 0.281 e. The molecule has 2 N–H and O–H groups in total. The van der Waals surface area contributed by atoms with Gasteiger partial charge in [0.1, 0.15) is 11.6 Å². The molecule has 2 aliphatic carbocycles. The predicted molar refractivity (Wildman–Crippen MR) is 142 cm³/mol. The lowest BCUT2D eigenvalue weighted by Gasteiger charge is -2.32. The van der Waals surface area contributed by atoms with Gasteiger partial charge in [-0.3, -0.25) is 4.79 Å². The number of nitrogens with one attached hydrogen (secondary N) is 1. The fourth-order valence-electron chi connectivity index (χ4n) is 5.83. The molecule has 1 amide bonds. The van der Waals surface area contributed by atoms with E-state index in [1.54, 1.807) is 18.2 Å². The molecule has 1 aliphatic heterocycles. The summed E-state index contributed by atoms with van der Waals surface area (Å²) < 4.78 is 35.2. The molecule has 0 spiro atoms. The number of anilines is 1. The summed E-state index contributed by atoms with van der Waals surface area (Å²) in [4.78, 5) is 19.7. The number of amides is 1. The highest BCUT2D eigenvalue weighted by molar-refractivity contribution is 7.90. The highest BCUT2D eigenvalue weighted by Gasteiger charge is 2.46. The number of carbonyl (C=O) groups is 1. The molecule has 1 aromatic carbocycles. The van der Waals surface area contributed by atoms with E-state index < -0.39 is 27.6 Å². The lowest BCUT2D eigenvalue weighted by Crippen LogP contribution is -2.51. The van der Waals surface area contributed by atoms with E-state index in [1.165, 1.54) is 12.5 Å². The van der Waals surface area contributed by atoms with Crippen LogP contribution in [0.15, 0.2) is 41.4 Å². The Morgan fingerprint density at radius 1 is 1.08 bits per heavy atom. The first kappa shape index (κ1) is 26.3. The van der Waals surface area contributed by atoms with Gasteiger partial charge in [-0.25, -0.2) is 9.71 Å². The number of ether oxygens (including phenoxy) is 1. The van der Waals surface area contributed by atoms with Crippen LogP contribution in [0.1, 0.15) is 75.7 Å². The van der Waals surface area contributed by atoms with Crippen LogP contribution < -0.4 is 14.4 Å². The van der Waals surface area contributed by atoms with Gasteiger partial charge in [-0.1, -0.05) is 43.0 Å². The molecule has 10 heteroatoms. The molecule has 2 aromatic rings. The number of rotatable bonds is 7. The van der Waals surface area contributed by atoms with Crippen LogP contribution in [0.25, 0.3) is 0 Å². The van der Waals surface area contributed by atoms with Crippen LogP contribution in [0.5, 0.6) is 5.75 Å². The summed E-state index contributed by atoms with van der Waals surface area (Å²) in [5, 5.41) is 10.1. The number of carbonyl (C=O) groups excluding carboxylic acids is 1. The van der Waals surface area contributed by atoms with Crippen LogP contribution >= 0.6 is 11.6 Å². The zero-order valence-electron chi connectivity index (χ0n) is 20.9. The standard InChI is InChI=1S/C27H34ClN3O5S/c28-20-11-12-22(19-7-2-1-3-8-19)23(17-20)36-27(14-4-5-15-27)26(33)30-37(34,35)25-10-6-9-24(29-25)31-16-13-21(32)18-31/h6,9-12,17,19,21,32H,1-5,7-8,13-16,18H2,(H,30,33)/t21-/m1/s1. The first-order valence-electron chi connectivity index (χ1n) is 13.2. The van der Waals surface area contributed by atoms with Crippen molar-refractivity contribution in [2.24, 2.45) is 0 Å². The second-order valence-electron chi connectivity index (χ2n) is 10.5. The summed E-state index contributed by atoms with van der Waals surface area (Å²) >= 11 is 6.33. The molecule has 1 atom stereocenters. The fraction of sp³-hybridized carbons (Fsp3) is 0.556. The molecule has 200 valence electrons. The monoisotopic (exact) mass is 547 g/mol. The van der Waals surface area contributed by atoms with Gasteiger partial charge in [0.25, 0.3) is 15.9 Å². The third kappa shape index (κ3) is 5.73. The Morgan fingerprint density at radius 3 is 2.54 bits per heavy atom. The topological polar surface area (TPSA) is 109 Å². The van der Waals surface area contributed by atoms with Crippen molar-refractivity contribution in [2.45, 2.75) is 86.9 Å². The molecule has 1 saturated heterocycles. The number of hydrogen-bond acceptors (Lipinski definition) is 7. The van der Waals surface area contributed by atoms with Gasteiger partial charge >= 0.3 is 0 Å². The van der Waals surface area contributed by atoms with Gasteiger partial charge in [0, 0.05) is 18.1 Å². The third-order valence-electron chi connectivity index (χ3n) is 7.85. The van der Waals surface area contributed by atoms with Gasteiger partial charge in [-0.2, -0.15) is 8.42 Å². The third-order valence-corrected chi connectivity index (χ3v) is 9.32. The number of pyridine rings is 1. The molecular weight excluding hydrogens is 514 g/mol. The molecule has 0 radical (unpaired) electrons. The average molecular weight is 548 g/mol. The normalized spacial score (nSPS) is 22.2. The number of aliphatic hydroxyl groups is 1. The van der Waals surface area contributed by atoms with Crippen molar-refractivity contribution in [3.8, 4) is 5.75 Å². The largest absolute Gasteiger partial charge is 0.477 e. The van der Waals surface area contributed by atoms with Crippen molar-refractivity contribution < 1.29 is 23.1 Å². The van der Waals surface area contributed by atoms with Crippen LogP contribution in [0.4, 0.5) is 5.82 Å². The first-order valence-corrected chi connectivity index (χ1v) is 15.1. The van der Waals surface area contributed by atoms with Crippen LogP contribution in [0.2, 0.25) is 5.02 Å². The fourth-order valence-corrected chi connectivity index (χ4v) is 6.99. The van der Waals surface area contributed by atoms with Crippen molar-refractivity contribution in [3.05, 3.63) is 47.0 Å². The van der Waals surface area contributed by atoms with E-state index in [0.717, 1.165) is 44.1 Å². The number of aliphatic hydroxyl groups excluding tert-OH is 1. The van der Waals surface area contributed by atoms with E-state index in [9.17, 15) is 18.3 Å². The maximum atomic E-state index is 13.6. The van der Waals surface area contributed by atoms with Crippen LogP contribution in [-0.4, -0.2) is 49.2 Å². The minimum atomic E-state index is -4.24. The molecular formula is C27H34ClN3O5S. The lowest BCUT2D eigenvalue weighted by atomic mass is 9.83. The lowest BCUT2D eigenvalue weighted by molar-refractivity contribution is -0.134. The summed E-state index contributed by atoms with van der Waals surface area (Å²) in [6.45, 7) is 0.979. The molecule has 3 fully saturated rings. The second kappa shape index (κ2) is 10.8. The van der Waals surface area contributed by atoms with Crippen LogP contribution in [0.3, 0.4) is 0 Å². The Bertz CT molecular complexity index is 1240. The molecule has 0 unspecified atom stereocenters. The molecule has 0 bridgehead atoms. The zero-order chi connectivity index (χ0) is 26.0. The molecule has 3 aliphatic rings. The van der Waals surface area contributed by atoms with Crippen molar-refractivity contribution >= 4 is 33.3 Å². The molecule has 37 heavy (non-hydrogen) atoms. The Labute approximate surface area is 223 Å². The molecule has 2 saturated carbocycles. The number of hydrogen-bond donors (Lipinski definition) is 2. The number of benzene rings is 1. The Hall–Kier alpha value is -2.36.